The largest absolute Gasteiger partial charge is 0.463 e. The minimum absolute atomic E-state index is 0.176. The number of ether oxygens (including phenoxy) is 3. The summed E-state index contributed by atoms with van der Waals surface area (Å²) in [6.07, 6.45) is 2.09. The molecule has 1 saturated heterocycles. The lowest BCUT2D eigenvalue weighted by atomic mass is 9.98. The topological polar surface area (TPSA) is 111 Å². The van der Waals surface area contributed by atoms with Crippen molar-refractivity contribution in [3.63, 3.8) is 0 Å². The molecule has 0 bridgehead atoms. The number of terminal acetylenes is 1. The summed E-state index contributed by atoms with van der Waals surface area (Å²) in [4.78, 5) is 10.8. The van der Waals surface area contributed by atoms with E-state index in [1.807, 2.05) is 0 Å². The smallest absolute Gasteiger partial charge is 0.302 e. The first-order valence-corrected chi connectivity index (χ1v) is 6.43. The van der Waals surface area contributed by atoms with E-state index in [9.17, 15) is 15.0 Å². The van der Waals surface area contributed by atoms with Crippen molar-refractivity contribution < 1.29 is 29.2 Å². The Labute approximate surface area is 118 Å². The van der Waals surface area contributed by atoms with E-state index in [1.165, 1.54) is 6.92 Å². The third kappa shape index (κ3) is 4.74. The fourth-order valence-electron chi connectivity index (χ4n) is 1.81. The molecule has 0 aromatic carbocycles. The second-order valence-corrected chi connectivity index (χ2v) is 4.58. The zero-order chi connectivity index (χ0) is 15.1. The van der Waals surface area contributed by atoms with Gasteiger partial charge in [0.15, 0.2) is 6.29 Å². The lowest BCUT2D eigenvalue weighted by Gasteiger charge is -2.40. The van der Waals surface area contributed by atoms with Crippen LogP contribution in [0, 0.1) is 12.3 Å². The van der Waals surface area contributed by atoms with Crippen LogP contribution in [0.4, 0.5) is 0 Å². The third-order valence-electron chi connectivity index (χ3n) is 2.95. The molecule has 0 aromatic heterocycles. The van der Waals surface area contributed by atoms with E-state index in [2.05, 4.69) is 5.92 Å². The van der Waals surface area contributed by atoms with Gasteiger partial charge in [0.05, 0.1) is 12.6 Å². The van der Waals surface area contributed by atoms with Crippen molar-refractivity contribution in [3.8, 4) is 12.3 Å². The molecule has 0 unspecified atom stereocenters. The molecule has 0 radical (unpaired) electrons. The highest BCUT2D eigenvalue weighted by Gasteiger charge is 2.43. The van der Waals surface area contributed by atoms with Crippen LogP contribution in [0.15, 0.2) is 0 Å². The number of aliphatic hydroxyl groups is 2. The molecular weight excluding hydrogens is 266 g/mol. The first kappa shape index (κ1) is 16.9. The van der Waals surface area contributed by atoms with Gasteiger partial charge in [-0.15, -0.1) is 12.3 Å². The van der Waals surface area contributed by atoms with Gasteiger partial charge in [0.25, 0.3) is 0 Å². The van der Waals surface area contributed by atoms with Crippen LogP contribution in [0.25, 0.3) is 0 Å². The van der Waals surface area contributed by atoms with E-state index in [-0.39, 0.29) is 6.61 Å². The van der Waals surface area contributed by atoms with Gasteiger partial charge in [0.1, 0.15) is 24.9 Å². The summed E-state index contributed by atoms with van der Waals surface area (Å²) < 4.78 is 15.6. The standard InChI is InChI=1S/C13H21NO6/c1-3-4-5-6-18-13-10(14)12(17)11(16)9(20-13)7-19-8(2)15/h1,9-13,16-17H,4-7,14H2,2H3/t9-,10-,11+,12-,13-/m0/s1. The second kappa shape index (κ2) is 8.19. The molecule has 1 heterocycles. The van der Waals surface area contributed by atoms with Crippen molar-refractivity contribution in [2.75, 3.05) is 13.2 Å². The average molecular weight is 287 g/mol. The highest BCUT2D eigenvalue weighted by Crippen LogP contribution is 2.21. The Hall–Kier alpha value is -1.17. The Bertz CT molecular complexity index is 355. The van der Waals surface area contributed by atoms with Crippen LogP contribution in [0.3, 0.4) is 0 Å². The van der Waals surface area contributed by atoms with Crippen molar-refractivity contribution in [2.45, 2.75) is 50.4 Å². The van der Waals surface area contributed by atoms with Crippen molar-refractivity contribution >= 4 is 5.97 Å². The van der Waals surface area contributed by atoms with E-state index in [4.69, 9.17) is 26.4 Å². The number of rotatable bonds is 6. The number of unbranched alkanes of at least 4 members (excludes halogenated alkanes) is 1. The Balaban J connectivity index is 2.52. The maximum absolute atomic E-state index is 10.8. The molecule has 0 amide bonds. The van der Waals surface area contributed by atoms with Crippen molar-refractivity contribution in [1.82, 2.24) is 0 Å². The SMILES string of the molecule is C#CCCCO[C@H]1O[C@@H](COC(C)=O)[C@@H](O)[C@@H](O)[C@@H]1N. The third-order valence-corrected chi connectivity index (χ3v) is 2.95. The van der Waals surface area contributed by atoms with E-state index in [0.29, 0.717) is 19.4 Å². The predicted molar refractivity (Wildman–Crippen MR) is 69.3 cm³/mol. The van der Waals surface area contributed by atoms with Gasteiger partial charge in [-0.3, -0.25) is 4.79 Å². The van der Waals surface area contributed by atoms with Gasteiger partial charge in [-0.1, -0.05) is 0 Å². The first-order valence-electron chi connectivity index (χ1n) is 6.43. The Morgan fingerprint density at radius 3 is 2.75 bits per heavy atom. The van der Waals surface area contributed by atoms with Gasteiger partial charge in [-0.05, 0) is 6.42 Å². The number of nitrogens with two attached hydrogens (primary N) is 1. The Morgan fingerprint density at radius 1 is 1.45 bits per heavy atom. The molecule has 0 aliphatic carbocycles. The highest BCUT2D eigenvalue weighted by atomic mass is 16.7. The van der Waals surface area contributed by atoms with Crippen LogP contribution in [0.1, 0.15) is 19.8 Å². The summed E-state index contributed by atoms with van der Waals surface area (Å²) in [5.41, 5.74) is 5.74. The number of hydrogen-bond acceptors (Lipinski definition) is 7. The molecular formula is C13H21NO6. The molecule has 0 saturated carbocycles. The predicted octanol–water partition coefficient (Wildman–Crippen LogP) is -1.25. The average Bonchev–Trinajstić information content (AvgIpc) is 2.41. The molecule has 0 aromatic rings. The van der Waals surface area contributed by atoms with Crippen LogP contribution in [0.5, 0.6) is 0 Å². The zero-order valence-electron chi connectivity index (χ0n) is 11.4. The quantitative estimate of drug-likeness (QED) is 0.318. The molecule has 1 fully saturated rings. The monoisotopic (exact) mass is 287 g/mol. The maximum atomic E-state index is 10.8. The number of carbonyl (C=O) groups excluding carboxylic acids is 1. The summed E-state index contributed by atoms with van der Waals surface area (Å²) in [6.45, 7) is 1.39. The Morgan fingerprint density at radius 2 is 2.15 bits per heavy atom. The summed E-state index contributed by atoms with van der Waals surface area (Å²) in [6, 6.07) is -0.885. The molecule has 0 spiro atoms. The van der Waals surface area contributed by atoms with Crippen LogP contribution >= 0.6 is 0 Å². The van der Waals surface area contributed by atoms with Crippen molar-refractivity contribution in [1.29, 1.82) is 0 Å². The normalized spacial score (nSPS) is 33.5. The lowest BCUT2D eigenvalue weighted by Crippen LogP contribution is -2.62. The van der Waals surface area contributed by atoms with Gasteiger partial charge in [-0.2, -0.15) is 0 Å². The summed E-state index contributed by atoms with van der Waals surface area (Å²) in [5, 5.41) is 19.7. The molecule has 5 atom stereocenters. The minimum Gasteiger partial charge on any atom is -0.463 e. The fraction of sp³-hybridized carbons (Fsp3) is 0.769. The summed E-state index contributed by atoms with van der Waals surface area (Å²) >= 11 is 0. The summed E-state index contributed by atoms with van der Waals surface area (Å²) in [7, 11) is 0. The number of hydrogen-bond donors (Lipinski definition) is 3. The van der Waals surface area contributed by atoms with Crippen molar-refractivity contribution in [3.05, 3.63) is 0 Å². The molecule has 1 rings (SSSR count). The molecule has 4 N–H and O–H groups in total. The van der Waals surface area contributed by atoms with Gasteiger partial charge in [0, 0.05) is 13.3 Å². The van der Waals surface area contributed by atoms with Crippen LogP contribution in [-0.4, -0.2) is 60.0 Å². The van der Waals surface area contributed by atoms with E-state index < -0.39 is 36.6 Å². The van der Waals surface area contributed by atoms with Gasteiger partial charge in [0.2, 0.25) is 0 Å². The molecule has 1 aliphatic rings. The van der Waals surface area contributed by atoms with E-state index in [1.54, 1.807) is 0 Å². The second-order valence-electron chi connectivity index (χ2n) is 4.58. The molecule has 7 nitrogen and oxygen atoms in total. The zero-order valence-corrected chi connectivity index (χ0v) is 11.4. The number of aliphatic hydroxyl groups excluding tert-OH is 2. The van der Waals surface area contributed by atoms with Crippen LogP contribution in [0.2, 0.25) is 0 Å². The van der Waals surface area contributed by atoms with Crippen LogP contribution in [-0.2, 0) is 19.0 Å². The van der Waals surface area contributed by atoms with Crippen molar-refractivity contribution in [2.24, 2.45) is 5.73 Å². The Kier molecular flexibility index (Phi) is 6.91. The molecule has 20 heavy (non-hydrogen) atoms. The van der Waals surface area contributed by atoms with Gasteiger partial charge >= 0.3 is 5.97 Å². The summed E-state index contributed by atoms with van der Waals surface area (Å²) in [5.74, 6) is 1.97. The highest BCUT2D eigenvalue weighted by molar-refractivity contribution is 5.65. The molecule has 114 valence electrons. The number of carbonyl (C=O) groups is 1. The molecule has 1 aliphatic heterocycles. The number of esters is 1. The lowest BCUT2D eigenvalue weighted by molar-refractivity contribution is -0.267. The molecule has 7 heteroatoms. The van der Waals surface area contributed by atoms with Gasteiger partial charge in [-0.25, -0.2) is 0 Å². The first-order chi connectivity index (χ1) is 9.47. The van der Waals surface area contributed by atoms with E-state index in [0.717, 1.165) is 0 Å². The van der Waals surface area contributed by atoms with Gasteiger partial charge < -0.3 is 30.2 Å². The van der Waals surface area contributed by atoms with E-state index >= 15 is 0 Å². The minimum atomic E-state index is -1.24. The maximum Gasteiger partial charge on any atom is 0.302 e. The van der Waals surface area contributed by atoms with Crippen LogP contribution < -0.4 is 5.73 Å². The fourth-order valence-corrected chi connectivity index (χ4v) is 1.81.